The number of hydrogen-bond donors (Lipinski definition) is 2. The first-order valence-electron chi connectivity index (χ1n) is 5.34. The molecule has 0 atom stereocenters. The molecule has 18 heavy (non-hydrogen) atoms. The van der Waals surface area contributed by atoms with Gasteiger partial charge in [-0.2, -0.15) is 4.98 Å². The van der Waals surface area contributed by atoms with Crippen LogP contribution in [0.1, 0.15) is 0 Å². The number of nitrogens with zero attached hydrogens (tertiary/aromatic N) is 2. The molecule has 0 radical (unpaired) electrons. The number of sulfone groups is 1. The van der Waals surface area contributed by atoms with Gasteiger partial charge in [-0.1, -0.05) is 0 Å². The predicted molar refractivity (Wildman–Crippen MR) is 75.2 cm³/mol. The zero-order valence-electron chi connectivity index (χ0n) is 10.1. The summed E-state index contributed by atoms with van der Waals surface area (Å²) in [5, 5.41) is 8.76. The van der Waals surface area contributed by atoms with E-state index in [0.717, 1.165) is 10.2 Å². The summed E-state index contributed by atoms with van der Waals surface area (Å²) >= 11 is 1.52. The van der Waals surface area contributed by atoms with Crippen LogP contribution in [0.25, 0.3) is 10.2 Å². The molecule has 0 bridgehead atoms. The fourth-order valence-corrected chi connectivity index (χ4v) is 2.69. The van der Waals surface area contributed by atoms with Crippen molar-refractivity contribution in [2.45, 2.75) is 0 Å². The highest BCUT2D eigenvalue weighted by Crippen LogP contribution is 2.26. The highest BCUT2D eigenvalue weighted by molar-refractivity contribution is 7.90. The Morgan fingerprint density at radius 1 is 1.39 bits per heavy atom. The normalized spacial score (nSPS) is 11.7. The van der Waals surface area contributed by atoms with Crippen molar-refractivity contribution in [2.75, 3.05) is 36.2 Å². The molecule has 0 aliphatic carbocycles. The van der Waals surface area contributed by atoms with Gasteiger partial charge in [0.15, 0.2) is 0 Å². The number of rotatable bonds is 5. The number of nitrogens with one attached hydrogen (secondary N) is 2. The van der Waals surface area contributed by atoms with Crippen molar-refractivity contribution in [2.24, 2.45) is 0 Å². The van der Waals surface area contributed by atoms with E-state index in [4.69, 9.17) is 0 Å². The molecule has 8 heteroatoms. The predicted octanol–water partition coefficient (Wildman–Crippen LogP) is 1.19. The van der Waals surface area contributed by atoms with Gasteiger partial charge < -0.3 is 10.6 Å². The summed E-state index contributed by atoms with van der Waals surface area (Å²) in [6.07, 6.45) is 1.22. The van der Waals surface area contributed by atoms with E-state index in [-0.39, 0.29) is 5.75 Å². The van der Waals surface area contributed by atoms with E-state index in [1.807, 2.05) is 11.4 Å². The van der Waals surface area contributed by atoms with Crippen LogP contribution in [-0.4, -0.2) is 44.0 Å². The van der Waals surface area contributed by atoms with E-state index in [2.05, 4.69) is 20.6 Å². The van der Waals surface area contributed by atoms with Gasteiger partial charge in [0, 0.05) is 19.8 Å². The summed E-state index contributed by atoms with van der Waals surface area (Å²) in [6.45, 7) is 0.337. The third-order valence-corrected chi connectivity index (χ3v) is 4.07. The van der Waals surface area contributed by atoms with Gasteiger partial charge in [-0.05, 0) is 11.4 Å². The topological polar surface area (TPSA) is 84.0 Å². The van der Waals surface area contributed by atoms with E-state index in [9.17, 15) is 8.42 Å². The molecule has 2 aromatic heterocycles. The first kappa shape index (κ1) is 13.0. The molecular formula is C10H14N4O2S2. The average molecular weight is 286 g/mol. The summed E-state index contributed by atoms with van der Waals surface area (Å²) in [4.78, 5) is 9.47. The molecule has 0 aliphatic rings. The molecule has 0 aromatic carbocycles. The minimum atomic E-state index is -2.97. The van der Waals surface area contributed by atoms with Crippen LogP contribution in [-0.2, 0) is 9.84 Å². The first-order chi connectivity index (χ1) is 8.49. The van der Waals surface area contributed by atoms with Crippen LogP contribution in [0.2, 0.25) is 0 Å². The lowest BCUT2D eigenvalue weighted by Gasteiger charge is -2.07. The molecule has 2 N–H and O–H groups in total. The lowest BCUT2D eigenvalue weighted by atomic mass is 10.4. The molecule has 0 aliphatic heterocycles. The molecule has 0 fully saturated rings. The van der Waals surface area contributed by atoms with Crippen LogP contribution in [0.15, 0.2) is 11.4 Å². The fraction of sp³-hybridized carbons (Fsp3) is 0.400. The molecule has 2 aromatic rings. The van der Waals surface area contributed by atoms with Crippen LogP contribution in [0.5, 0.6) is 0 Å². The molecule has 2 rings (SSSR count). The zero-order valence-corrected chi connectivity index (χ0v) is 11.7. The van der Waals surface area contributed by atoms with Gasteiger partial charge in [0.2, 0.25) is 5.95 Å². The second kappa shape index (κ2) is 5.07. The van der Waals surface area contributed by atoms with Crippen molar-refractivity contribution in [3.63, 3.8) is 0 Å². The quantitative estimate of drug-likeness (QED) is 0.859. The summed E-state index contributed by atoms with van der Waals surface area (Å²) in [5.41, 5.74) is 0. The summed E-state index contributed by atoms with van der Waals surface area (Å²) in [7, 11) is -1.22. The fourth-order valence-electron chi connectivity index (χ4n) is 1.46. The number of anilines is 2. The number of hydrogen-bond acceptors (Lipinski definition) is 7. The molecular weight excluding hydrogens is 272 g/mol. The van der Waals surface area contributed by atoms with Gasteiger partial charge in [0.1, 0.15) is 20.5 Å². The Balaban J connectivity index is 2.23. The zero-order chi connectivity index (χ0) is 13.2. The Hall–Kier alpha value is -1.41. The second-order valence-corrected chi connectivity index (χ2v) is 7.00. The molecule has 0 unspecified atom stereocenters. The van der Waals surface area contributed by atoms with Gasteiger partial charge in [-0.25, -0.2) is 13.4 Å². The maximum absolute atomic E-state index is 11.1. The third-order valence-electron chi connectivity index (χ3n) is 2.31. The summed E-state index contributed by atoms with van der Waals surface area (Å²) < 4.78 is 22.2. The summed E-state index contributed by atoms with van der Waals surface area (Å²) in [5.74, 6) is 1.26. The van der Waals surface area contributed by atoms with Crippen molar-refractivity contribution in [1.82, 2.24) is 9.97 Å². The second-order valence-electron chi connectivity index (χ2n) is 3.84. The van der Waals surface area contributed by atoms with Gasteiger partial charge in [-0.15, -0.1) is 11.3 Å². The third kappa shape index (κ3) is 3.08. The smallest absolute Gasteiger partial charge is 0.225 e. The van der Waals surface area contributed by atoms with Gasteiger partial charge in [0.25, 0.3) is 0 Å². The highest BCUT2D eigenvalue weighted by atomic mass is 32.2. The van der Waals surface area contributed by atoms with Crippen molar-refractivity contribution in [3.05, 3.63) is 11.4 Å². The average Bonchev–Trinajstić information content (AvgIpc) is 2.75. The van der Waals surface area contributed by atoms with E-state index in [0.29, 0.717) is 18.3 Å². The maximum Gasteiger partial charge on any atom is 0.225 e. The Morgan fingerprint density at radius 3 is 2.83 bits per heavy atom. The largest absolute Gasteiger partial charge is 0.368 e. The molecule has 0 spiro atoms. The van der Waals surface area contributed by atoms with Crippen LogP contribution < -0.4 is 10.6 Å². The van der Waals surface area contributed by atoms with Gasteiger partial charge in [0.05, 0.1) is 11.1 Å². The molecule has 6 nitrogen and oxygen atoms in total. The molecule has 0 amide bonds. The van der Waals surface area contributed by atoms with Crippen molar-refractivity contribution < 1.29 is 8.42 Å². The highest BCUT2D eigenvalue weighted by Gasteiger charge is 2.09. The molecule has 0 saturated heterocycles. The first-order valence-corrected chi connectivity index (χ1v) is 8.28. The number of aromatic nitrogens is 2. The van der Waals surface area contributed by atoms with E-state index in [1.165, 1.54) is 17.6 Å². The van der Waals surface area contributed by atoms with Gasteiger partial charge in [-0.3, -0.25) is 0 Å². The van der Waals surface area contributed by atoms with E-state index in [1.54, 1.807) is 7.05 Å². The SMILES string of the molecule is CNc1nc(NCCS(C)(=O)=O)c2ccsc2n1. The van der Waals surface area contributed by atoms with Crippen LogP contribution in [0.3, 0.4) is 0 Å². The number of fused-ring (bicyclic) bond motifs is 1. The summed E-state index contributed by atoms with van der Waals surface area (Å²) in [6, 6.07) is 1.92. The lowest BCUT2D eigenvalue weighted by molar-refractivity contribution is 0.602. The van der Waals surface area contributed by atoms with Crippen molar-refractivity contribution in [3.8, 4) is 0 Å². The van der Waals surface area contributed by atoms with Crippen LogP contribution in [0, 0.1) is 0 Å². The number of thiophene rings is 1. The monoisotopic (exact) mass is 286 g/mol. The Bertz CT molecular complexity index is 651. The van der Waals surface area contributed by atoms with Crippen molar-refractivity contribution in [1.29, 1.82) is 0 Å². The Morgan fingerprint density at radius 2 is 2.17 bits per heavy atom. The van der Waals surface area contributed by atoms with E-state index < -0.39 is 9.84 Å². The maximum atomic E-state index is 11.1. The Kier molecular flexibility index (Phi) is 3.67. The molecule has 0 saturated carbocycles. The standard InChI is InChI=1S/C10H14N4O2S2/c1-11-10-13-8(12-4-6-18(2,15)16)7-3-5-17-9(7)14-10/h3,5H,4,6H2,1-2H3,(H2,11,12,13,14). The minimum Gasteiger partial charge on any atom is -0.368 e. The van der Waals surface area contributed by atoms with Crippen molar-refractivity contribution >= 4 is 43.2 Å². The molecule has 2 heterocycles. The van der Waals surface area contributed by atoms with E-state index >= 15 is 0 Å². The Labute approximate surface area is 109 Å². The van der Waals surface area contributed by atoms with Gasteiger partial charge >= 0.3 is 0 Å². The lowest BCUT2D eigenvalue weighted by Crippen LogP contribution is -2.15. The van der Waals surface area contributed by atoms with Crippen LogP contribution in [0.4, 0.5) is 11.8 Å². The minimum absolute atomic E-state index is 0.0809. The van der Waals surface area contributed by atoms with Crippen LogP contribution >= 0.6 is 11.3 Å². The molecule has 98 valence electrons.